The molecule has 0 radical (unpaired) electrons. The van der Waals surface area contributed by atoms with E-state index >= 15 is 4.39 Å². The molecular formula is C35H38FN5O3. The third-order valence-corrected chi connectivity index (χ3v) is 9.03. The number of fused-ring (bicyclic) bond motifs is 1. The fourth-order valence-electron chi connectivity index (χ4n) is 6.49. The normalized spacial score (nSPS) is 16.6. The minimum absolute atomic E-state index is 0.102. The van der Waals surface area contributed by atoms with Crippen molar-refractivity contribution < 1.29 is 18.7 Å². The number of hydrazine groups is 1. The van der Waals surface area contributed by atoms with E-state index in [4.69, 9.17) is 9.72 Å². The van der Waals surface area contributed by atoms with Crippen LogP contribution in [0, 0.1) is 11.2 Å². The summed E-state index contributed by atoms with van der Waals surface area (Å²) < 4.78 is 20.4. The van der Waals surface area contributed by atoms with E-state index in [1.807, 2.05) is 36.4 Å². The Bertz CT molecular complexity index is 1650. The molecule has 2 fully saturated rings. The summed E-state index contributed by atoms with van der Waals surface area (Å²) in [5.74, 6) is -1.07. The molecule has 2 amide bonds. The molecule has 6 rings (SSSR count). The number of nitrogens with zero attached hydrogens (tertiary/aromatic N) is 4. The lowest BCUT2D eigenvalue weighted by Crippen LogP contribution is -2.61. The zero-order valence-corrected chi connectivity index (χ0v) is 25.4. The molecule has 3 aromatic carbocycles. The molecule has 0 bridgehead atoms. The zero-order chi connectivity index (χ0) is 30.8. The Kier molecular flexibility index (Phi) is 8.33. The molecule has 4 aromatic rings. The second kappa shape index (κ2) is 12.3. The molecule has 3 heterocycles. The minimum Gasteiger partial charge on any atom is -0.451 e. The first-order valence-corrected chi connectivity index (χ1v) is 15.2. The van der Waals surface area contributed by atoms with E-state index in [0.29, 0.717) is 40.3 Å². The van der Waals surface area contributed by atoms with Gasteiger partial charge in [0.2, 0.25) is 0 Å². The third kappa shape index (κ3) is 5.77. The largest absolute Gasteiger partial charge is 0.451 e. The van der Waals surface area contributed by atoms with Gasteiger partial charge in [-0.3, -0.25) is 20.0 Å². The Morgan fingerprint density at radius 1 is 0.977 bits per heavy atom. The number of methoxy groups -OCH3 is 1. The maximum atomic E-state index is 15.4. The summed E-state index contributed by atoms with van der Waals surface area (Å²) in [6.07, 6.45) is 1.41. The molecule has 9 heteroatoms. The van der Waals surface area contributed by atoms with Crippen molar-refractivity contribution in [3.63, 3.8) is 0 Å². The number of likely N-dealkylation sites (tertiary alicyclic amines) is 2. The highest BCUT2D eigenvalue weighted by molar-refractivity contribution is 6.10. The van der Waals surface area contributed by atoms with Crippen molar-refractivity contribution in [2.24, 2.45) is 5.41 Å². The first-order chi connectivity index (χ1) is 21.3. The van der Waals surface area contributed by atoms with Crippen LogP contribution < -0.4 is 10.4 Å². The highest BCUT2D eigenvalue weighted by atomic mass is 19.1. The Morgan fingerprint density at radius 3 is 2.27 bits per heavy atom. The molecule has 44 heavy (non-hydrogen) atoms. The van der Waals surface area contributed by atoms with Crippen LogP contribution in [0.5, 0.6) is 0 Å². The number of carbonyl (C=O) groups is 2. The van der Waals surface area contributed by atoms with Gasteiger partial charge in [-0.15, -0.1) is 0 Å². The van der Waals surface area contributed by atoms with Gasteiger partial charge in [-0.05, 0) is 63.4 Å². The van der Waals surface area contributed by atoms with Gasteiger partial charge in [-0.2, -0.15) is 5.01 Å². The Balaban J connectivity index is 1.42. The highest BCUT2D eigenvalue weighted by Crippen LogP contribution is 2.42. The summed E-state index contributed by atoms with van der Waals surface area (Å²) >= 11 is 0. The average Bonchev–Trinajstić information content (AvgIpc) is 3.03. The number of carbonyl (C=O) groups excluding carboxylic acids is 2. The van der Waals surface area contributed by atoms with E-state index in [2.05, 4.69) is 29.1 Å². The van der Waals surface area contributed by atoms with E-state index in [1.54, 1.807) is 36.4 Å². The number of hydrogen-bond acceptors (Lipinski definition) is 6. The number of piperidine rings is 1. The Labute approximate surface area is 257 Å². The fourth-order valence-corrected chi connectivity index (χ4v) is 6.49. The first-order valence-electron chi connectivity index (χ1n) is 15.2. The number of pyridine rings is 1. The van der Waals surface area contributed by atoms with Gasteiger partial charge in [0.05, 0.1) is 24.1 Å². The van der Waals surface area contributed by atoms with Crippen LogP contribution in [0.2, 0.25) is 0 Å². The average molecular weight is 596 g/mol. The molecule has 2 aliphatic heterocycles. The van der Waals surface area contributed by atoms with Crippen LogP contribution in [0.15, 0.2) is 78.9 Å². The topological polar surface area (TPSA) is 78.0 Å². The number of amides is 2. The maximum absolute atomic E-state index is 15.4. The second-order valence-corrected chi connectivity index (χ2v) is 12.2. The molecule has 0 aliphatic carbocycles. The Hall–Kier alpha value is -4.34. The second-order valence-electron chi connectivity index (χ2n) is 12.2. The van der Waals surface area contributed by atoms with Crippen molar-refractivity contribution in [3.05, 3.63) is 95.8 Å². The van der Waals surface area contributed by atoms with Crippen LogP contribution in [-0.4, -0.2) is 66.1 Å². The van der Waals surface area contributed by atoms with E-state index in [9.17, 15) is 9.59 Å². The molecule has 0 saturated carbocycles. The van der Waals surface area contributed by atoms with Crippen molar-refractivity contribution in [3.8, 4) is 11.3 Å². The summed E-state index contributed by atoms with van der Waals surface area (Å²) in [5.41, 5.74) is 5.96. The predicted molar refractivity (Wildman–Crippen MR) is 170 cm³/mol. The smallest absolute Gasteiger partial charge is 0.433 e. The molecule has 1 N–H and O–H groups in total. The molecule has 8 nitrogen and oxygen atoms in total. The molecule has 0 unspecified atom stereocenters. The van der Waals surface area contributed by atoms with Gasteiger partial charge in [0.25, 0.3) is 5.91 Å². The van der Waals surface area contributed by atoms with Crippen LogP contribution in [0.1, 0.15) is 42.6 Å². The lowest BCUT2D eigenvalue weighted by Gasteiger charge is -2.55. The van der Waals surface area contributed by atoms with Crippen LogP contribution in [0.3, 0.4) is 0 Å². The van der Waals surface area contributed by atoms with E-state index in [-0.39, 0.29) is 11.1 Å². The van der Waals surface area contributed by atoms with Crippen molar-refractivity contribution in [2.45, 2.75) is 39.3 Å². The quantitative estimate of drug-likeness (QED) is 0.265. The molecule has 1 aromatic heterocycles. The van der Waals surface area contributed by atoms with Gasteiger partial charge in [0, 0.05) is 42.2 Å². The SMILES string of the molecule is COC(=O)N(NC(=O)c1c(CN2CCC3(CC2)CN(C(C)C)C3)c(-c2ccccc2)nc2c(F)cccc12)c1ccccc1. The lowest BCUT2D eigenvalue weighted by atomic mass is 9.71. The monoisotopic (exact) mass is 595 g/mol. The van der Waals surface area contributed by atoms with Crippen molar-refractivity contribution >= 4 is 28.6 Å². The number of aromatic nitrogens is 1. The van der Waals surface area contributed by atoms with Crippen molar-refractivity contribution in [1.82, 2.24) is 20.2 Å². The first kappa shape index (κ1) is 29.7. The number of benzene rings is 3. The van der Waals surface area contributed by atoms with Crippen molar-refractivity contribution in [1.29, 1.82) is 0 Å². The summed E-state index contributed by atoms with van der Waals surface area (Å²) in [7, 11) is 1.26. The lowest BCUT2D eigenvalue weighted by molar-refractivity contribution is -0.0633. The molecule has 2 aliphatic rings. The van der Waals surface area contributed by atoms with Gasteiger partial charge in [-0.25, -0.2) is 14.2 Å². The number of halogens is 1. The Morgan fingerprint density at radius 2 is 1.64 bits per heavy atom. The van der Waals surface area contributed by atoms with Gasteiger partial charge in [0.15, 0.2) is 0 Å². The number of ether oxygens (including phenoxy) is 1. The van der Waals surface area contributed by atoms with Crippen LogP contribution in [0.4, 0.5) is 14.9 Å². The molecule has 0 atom stereocenters. The molecular weight excluding hydrogens is 557 g/mol. The standard InChI is InChI=1S/C35H38FN5O3/c1-24(2)40-22-35(23-40)17-19-39(20-18-35)21-28-30(33(42)38-41(34(43)44-3)26-13-8-5-9-14-26)27-15-10-16-29(36)32(27)37-31(28)25-11-6-4-7-12-25/h4-16,24H,17-23H2,1-3H3,(H,38,42). The summed E-state index contributed by atoms with van der Waals surface area (Å²) in [6.45, 7) is 8.98. The van der Waals surface area contributed by atoms with Crippen LogP contribution >= 0.6 is 0 Å². The predicted octanol–water partition coefficient (Wildman–Crippen LogP) is 6.26. The summed E-state index contributed by atoms with van der Waals surface area (Å²) in [4.78, 5) is 36.9. The van der Waals surface area contributed by atoms with Gasteiger partial charge < -0.3 is 4.74 Å². The zero-order valence-electron chi connectivity index (χ0n) is 25.4. The summed E-state index contributed by atoms with van der Waals surface area (Å²) in [6, 6.07) is 23.5. The molecule has 228 valence electrons. The van der Waals surface area contributed by atoms with Gasteiger partial charge in [-0.1, -0.05) is 60.7 Å². The number of para-hydroxylation sites is 2. The minimum atomic E-state index is -0.754. The van der Waals surface area contributed by atoms with Gasteiger partial charge >= 0.3 is 6.09 Å². The van der Waals surface area contributed by atoms with Crippen LogP contribution in [-0.2, 0) is 11.3 Å². The van der Waals surface area contributed by atoms with E-state index in [0.717, 1.165) is 49.6 Å². The fraction of sp³-hybridized carbons (Fsp3) is 0.343. The van der Waals surface area contributed by atoms with E-state index in [1.165, 1.54) is 13.2 Å². The maximum Gasteiger partial charge on any atom is 0.433 e. The number of hydrogen-bond donors (Lipinski definition) is 1. The summed E-state index contributed by atoms with van der Waals surface area (Å²) in [5, 5.41) is 1.46. The van der Waals surface area contributed by atoms with Crippen molar-refractivity contribution in [2.75, 3.05) is 38.3 Å². The number of rotatable bonds is 6. The molecule has 1 spiro atoms. The number of anilines is 1. The van der Waals surface area contributed by atoms with E-state index < -0.39 is 17.8 Å². The van der Waals surface area contributed by atoms with Crippen LogP contribution in [0.25, 0.3) is 22.2 Å². The molecule has 2 saturated heterocycles. The third-order valence-electron chi connectivity index (χ3n) is 9.03. The highest BCUT2D eigenvalue weighted by Gasteiger charge is 2.45. The number of nitrogens with one attached hydrogen (secondary N) is 1. The van der Waals surface area contributed by atoms with Gasteiger partial charge in [0.1, 0.15) is 11.3 Å².